The summed E-state index contributed by atoms with van der Waals surface area (Å²) in [6.45, 7) is 2.05. The molecule has 2 aromatic rings. The minimum Gasteiger partial charge on any atom is -0.497 e. The summed E-state index contributed by atoms with van der Waals surface area (Å²) in [6, 6.07) is 14.1. The van der Waals surface area contributed by atoms with Gasteiger partial charge in [-0.3, -0.25) is 4.79 Å². The Hall–Kier alpha value is -2.36. The first kappa shape index (κ1) is 17.5. The molecule has 1 saturated carbocycles. The molecule has 132 valence electrons. The number of amides is 1. The fourth-order valence-corrected chi connectivity index (χ4v) is 3.52. The molecule has 0 saturated heterocycles. The third-order valence-electron chi connectivity index (χ3n) is 5.25. The largest absolute Gasteiger partial charge is 0.497 e. The van der Waals surface area contributed by atoms with Crippen molar-refractivity contribution in [2.45, 2.75) is 44.1 Å². The number of hydrogen-bond donors (Lipinski definition) is 1. The number of carbonyl (C=O) groups excluding carboxylic acids is 1. The van der Waals surface area contributed by atoms with Crippen LogP contribution in [-0.4, -0.2) is 13.0 Å². The number of rotatable bonds is 6. The Bertz CT molecular complexity index is 738. The molecular weight excluding hydrogens is 317 g/mol. The Balaban J connectivity index is 1.80. The molecule has 1 N–H and O–H groups in total. The molecule has 3 nitrogen and oxygen atoms in total. The summed E-state index contributed by atoms with van der Waals surface area (Å²) in [5, 5.41) is 3.18. The quantitative estimate of drug-likeness (QED) is 0.839. The molecule has 0 bridgehead atoms. The van der Waals surface area contributed by atoms with Crippen LogP contribution in [0.2, 0.25) is 0 Å². The summed E-state index contributed by atoms with van der Waals surface area (Å²) in [7, 11) is 1.63. The van der Waals surface area contributed by atoms with Gasteiger partial charge in [-0.25, -0.2) is 4.39 Å². The van der Waals surface area contributed by atoms with Crippen molar-refractivity contribution in [2.75, 3.05) is 7.11 Å². The highest BCUT2D eigenvalue weighted by atomic mass is 19.1. The topological polar surface area (TPSA) is 38.3 Å². The number of benzene rings is 2. The van der Waals surface area contributed by atoms with Gasteiger partial charge in [-0.15, -0.1) is 0 Å². The molecule has 1 aliphatic carbocycles. The van der Waals surface area contributed by atoms with Crippen molar-refractivity contribution in [2.24, 2.45) is 0 Å². The van der Waals surface area contributed by atoms with Crippen LogP contribution in [0, 0.1) is 5.82 Å². The van der Waals surface area contributed by atoms with Gasteiger partial charge in [0, 0.05) is 0 Å². The lowest BCUT2D eigenvalue weighted by atomic mass is 9.63. The molecule has 0 heterocycles. The van der Waals surface area contributed by atoms with Gasteiger partial charge < -0.3 is 10.1 Å². The Morgan fingerprint density at radius 1 is 1.24 bits per heavy atom. The Morgan fingerprint density at radius 3 is 2.48 bits per heavy atom. The van der Waals surface area contributed by atoms with E-state index in [4.69, 9.17) is 4.74 Å². The predicted octanol–water partition coefficient (Wildman–Crippen LogP) is 4.52. The Labute approximate surface area is 148 Å². The fourth-order valence-electron chi connectivity index (χ4n) is 3.52. The minimum atomic E-state index is -0.595. The maximum Gasteiger partial charge on any atom is 0.231 e. The number of ether oxygens (including phenoxy) is 1. The Kier molecular flexibility index (Phi) is 5.07. The molecule has 3 rings (SSSR count). The van der Waals surface area contributed by atoms with Crippen LogP contribution >= 0.6 is 0 Å². The monoisotopic (exact) mass is 341 g/mol. The molecule has 1 fully saturated rings. The molecule has 2 aromatic carbocycles. The van der Waals surface area contributed by atoms with Crippen LogP contribution in [0.3, 0.4) is 0 Å². The second-order valence-electron chi connectivity index (χ2n) is 6.65. The van der Waals surface area contributed by atoms with Crippen molar-refractivity contribution in [1.82, 2.24) is 5.32 Å². The number of methoxy groups -OCH3 is 1. The number of halogens is 1. The predicted molar refractivity (Wildman–Crippen MR) is 96.1 cm³/mol. The van der Waals surface area contributed by atoms with Crippen LogP contribution in [0.4, 0.5) is 4.39 Å². The molecule has 0 aromatic heterocycles. The second-order valence-corrected chi connectivity index (χ2v) is 6.65. The summed E-state index contributed by atoms with van der Waals surface area (Å²) < 4.78 is 18.8. The maximum atomic E-state index is 13.6. The van der Waals surface area contributed by atoms with Crippen LogP contribution in [0.15, 0.2) is 48.5 Å². The van der Waals surface area contributed by atoms with Crippen LogP contribution in [0.25, 0.3) is 0 Å². The molecule has 1 aliphatic rings. The molecule has 4 heteroatoms. The third-order valence-corrected chi connectivity index (χ3v) is 5.25. The average Bonchev–Trinajstić information content (AvgIpc) is 2.59. The number of hydrogen-bond acceptors (Lipinski definition) is 2. The van der Waals surface area contributed by atoms with E-state index < -0.39 is 5.41 Å². The second kappa shape index (κ2) is 7.26. The average molecular weight is 341 g/mol. The zero-order valence-corrected chi connectivity index (χ0v) is 14.7. The van der Waals surface area contributed by atoms with E-state index in [2.05, 4.69) is 5.32 Å². The zero-order valence-electron chi connectivity index (χ0n) is 14.7. The highest BCUT2D eigenvalue weighted by Gasteiger charge is 2.46. The van der Waals surface area contributed by atoms with Gasteiger partial charge in [0.05, 0.1) is 18.6 Å². The molecule has 1 atom stereocenters. The summed E-state index contributed by atoms with van der Waals surface area (Å²) in [4.78, 5) is 13.1. The minimum absolute atomic E-state index is 0.00739. The first-order chi connectivity index (χ1) is 12.1. The van der Waals surface area contributed by atoms with Crippen LogP contribution in [0.5, 0.6) is 5.75 Å². The SMILES string of the molecule is CCC(NC(=O)C1(c2cccc(F)c2)CCC1)c1ccc(OC)cc1. The molecule has 1 amide bonds. The van der Waals surface area contributed by atoms with Gasteiger partial charge in [0.15, 0.2) is 0 Å². The van der Waals surface area contributed by atoms with Crippen molar-refractivity contribution in [3.63, 3.8) is 0 Å². The maximum absolute atomic E-state index is 13.6. The summed E-state index contributed by atoms with van der Waals surface area (Å²) in [5.74, 6) is 0.492. The van der Waals surface area contributed by atoms with E-state index in [1.165, 1.54) is 12.1 Å². The standard InChI is InChI=1S/C21H24FNO2/c1-3-19(15-8-10-18(25-2)11-9-15)23-20(24)21(12-5-13-21)16-6-4-7-17(22)14-16/h4,6-11,14,19H,3,5,12-13H2,1-2H3,(H,23,24). The molecule has 1 unspecified atom stereocenters. The van der Waals surface area contributed by atoms with E-state index in [1.54, 1.807) is 13.2 Å². The van der Waals surface area contributed by atoms with Crippen molar-refractivity contribution in [3.8, 4) is 5.75 Å². The van der Waals surface area contributed by atoms with E-state index in [9.17, 15) is 9.18 Å². The van der Waals surface area contributed by atoms with E-state index in [0.29, 0.717) is 0 Å². The third kappa shape index (κ3) is 3.39. The molecule has 25 heavy (non-hydrogen) atoms. The van der Waals surface area contributed by atoms with E-state index in [1.807, 2.05) is 37.3 Å². The number of carbonyl (C=O) groups is 1. The van der Waals surface area contributed by atoms with Crippen LogP contribution in [-0.2, 0) is 10.2 Å². The van der Waals surface area contributed by atoms with Gasteiger partial charge in [-0.1, -0.05) is 37.6 Å². The highest BCUT2D eigenvalue weighted by Crippen LogP contribution is 2.44. The smallest absolute Gasteiger partial charge is 0.231 e. The lowest BCUT2D eigenvalue weighted by Gasteiger charge is -2.41. The van der Waals surface area contributed by atoms with E-state index in [0.717, 1.165) is 42.6 Å². The Morgan fingerprint density at radius 2 is 1.96 bits per heavy atom. The summed E-state index contributed by atoms with van der Waals surface area (Å²) in [5.41, 5.74) is 1.23. The summed E-state index contributed by atoms with van der Waals surface area (Å²) >= 11 is 0. The van der Waals surface area contributed by atoms with E-state index in [-0.39, 0.29) is 17.8 Å². The van der Waals surface area contributed by atoms with Crippen molar-refractivity contribution in [1.29, 1.82) is 0 Å². The van der Waals surface area contributed by atoms with E-state index >= 15 is 0 Å². The van der Waals surface area contributed by atoms with Gasteiger partial charge in [0.1, 0.15) is 11.6 Å². The lowest BCUT2D eigenvalue weighted by molar-refractivity contribution is -0.130. The van der Waals surface area contributed by atoms with Crippen molar-refractivity contribution < 1.29 is 13.9 Å². The highest BCUT2D eigenvalue weighted by molar-refractivity contribution is 5.89. The molecule has 0 radical (unpaired) electrons. The molecular formula is C21H24FNO2. The van der Waals surface area contributed by atoms with Gasteiger partial charge in [-0.2, -0.15) is 0 Å². The first-order valence-corrected chi connectivity index (χ1v) is 8.80. The van der Waals surface area contributed by atoms with Gasteiger partial charge >= 0.3 is 0 Å². The lowest BCUT2D eigenvalue weighted by Crippen LogP contribution is -2.50. The van der Waals surface area contributed by atoms with Crippen LogP contribution < -0.4 is 10.1 Å². The zero-order chi connectivity index (χ0) is 17.9. The fraction of sp³-hybridized carbons (Fsp3) is 0.381. The van der Waals surface area contributed by atoms with Crippen molar-refractivity contribution >= 4 is 5.91 Å². The van der Waals surface area contributed by atoms with Gasteiger partial charge in [-0.05, 0) is 54.7 Å². The molecule has 0 aliphatic heterocycles. The van der Waals surface area contributed by atoms with Crippen molar-refractivity contribution in [3.05, 3.63) is 65.5 Å². The van der Waals surface area contributed by atoms with Gasteiger partial charge in [0.25, 0.3) is 0 Å². The summed E-state index contributed by atoms with van der Waals surface area (Å²) in [6.07, 6.45) is 3.31. The van der Waals surface area contributed by atoms with Gasteiger partial charge in [0.2, 0.25) is 5.91 Å². The first-order valence-electron chi connectivity index (χ1n) is 8.80. The van der Waals surface area contributed by atoms with Crippen LogP contribution in [0.1, 0.15) is 49.8 Å². The molecule has 0 spiro atoms. The normalized spacial score (nSPS) is 16.6. The number of nitrogens with one attached hydrogen (secondary N) is 1.